The van der Waals surface area contributed by atoms with Crippen molar-refractivity contribution < 1.29 is 27.2 Å². The number of fused-ring (bicyclic) bond motifs is 1. The van der Waals surface area contributed by atoms with Crippen LogP contribution in [0.1, 0.15) is 32.9 Å². The average Bonchev–Trinajstić information content (AvgIpc) is 3.39. The van der Waals surface area contributed by atoms with Crippen LogP contribution < -0.4 is 10.1 Å². The Hall–Kier alpha value is -3.44. The van der Waals surface area contributed by atoms with Crippen LogP contribution in [0, 0.1) is 6.92 Å². The van der Waals surface area contributed by atoms with E-state index in [1.807, 2.05) is 19.1 Å². The molecule has 2 aromatic carbocycles. The highest BCUT2D eigenvalue weighted by molar-refractivity contribution is 6.00. The molecule has 0 aliphatic carbocycles. The molecule has 0 unspecified atom stereocenters. The van der Waals surface area contributed by atoms with Gasteiger partial charge in [0.2, 0.25) is 11.7 Å². The summed E-state index contributed by atoms with van der Waals surface area (Å²) in [5, 5.41) is 7.45. The van der Waals surface area contributed by atoms with E-state index in [0.29, 0.717) is 35.9 Å². The van der Waals surface area contributed by atoms with Crippen molar-refractivity contribution in [2.45, 2.75) is 32.9 Å². The van der Waals surface area contributed by atoms with E-state index in [1.54, 1.807) is 4.90 Å². The molecule has 1 N–H and O–H groups in total. The number of rotatable bonds is 6. The number of hydrogen-bond donors (Lipinski definition) is 1. The zero-order valence-corrected chi connectivity index (χ0v) is 19.1. The van der Waals surface area contributed by atoms with E-state index in [1.165, 1.54) is 24.3 Å². The molecular formula is C24H24F3N5O3. The van der Waals surface area contributed by atoms with E-state index in [2.05, 4.69) is 25.1 Å². The first kappa shape index (κ1) is 23.3. The minimum absolute atomic E-state index is 0.118. The number of carbonyl (C=O) groups excluding carboxylic acids is 1. The van der Waals surface area contributed by atoms with Crippen LogP contribution in [-0.2, 0) is 19.6 Å². The first-order valence-corrected chi connectivity index (χ1v) is 11.3. The lowest BCUT2D eigenvalue weighted by molar-refractivity contribution is -0.274. The predicted octanol–water partition coefficient (Wildman–Crippen LogP) is 3.50. The number of amides is 1. The summed E-state index contributed by atoms with van der Waals surface area (Å²) < 4.78 is 46.5. The summed E-state index contributed by atoms with van der Waals surface area (Å²) in [6.07, 6.45) is -4.74. The Bertz CT molecular complexity index is 1220. The lowest BCUT2D eigenvalue weighted by Gasteiger charge is -2.25. The Morgan fingerprint density at radius 2 is 1.86 bits per heavy atom. The summed E-state index contributed by atoms with van der Waals surface area (Å²) in [6.45, 7) is 6.83. The summed E-state index contributed by atoms with van der Waals surface area (Å²) in [6, 6.07) is 9.31. The number of carbonyl (C=O) groups is 1. The number of alkyl halides is 3. The molecule has 184 valence electrons. The molecule has 1 aromatic heterocycles. The molecule has 3 aromatic rings. The van der Waals surface area contributed by atoms with E-state index in [-0.39, 0.29) is 18.2 Å². The number of nitrogens with one attached hydrogen (secondary N) is 1. The highest BCUT2D eigenvalue weighted by Crippen LogP contribution is 2.32. The van der Waals surface area contributed by atoms with Gasteiger partial charge in [0.05, 0.1) is 6.54 Å². The fourth-order valence-electron chi connectivity index (χ4n) is 4.50. The molecule has 2 aliphatic heterocycles. The van der Waals surface area contributed by atoms with Crippen LogP contribution in [0.5, 0.6) is 5.75 Å². The maximum atomic E-state index is 13.0. The molecule has 1 fully saturated rings. The van der Waals surface area contributed by atoms with Crippen LogP contribution in [0.2, 0.25) is 0 Å². The third-order valence-corrected chi connectivity index (χ3v) is 6.10. The molecule has 0 spiro atoms. The van der Waals surface area contributed by atoms with Gasteiger partial charge in [0, 0.05) is 50.4 Å². The van der Waals surface area contributed by atoms with E-state index in [0.717, 1.165) is 42.9 Å². The Morgan fingerprint density at radius 1 is 1.11 bits per heavy atom. The van der Waals surface area contributed by atoms with Crippen molar-refractivity contribution in [2.75, 3.05) is 26.2 Å². The topological polar surface area (TPSA) is 83.7 Å². The zero-order chi connectivity index (χ0) is 24.6. The van der Waals surface area contributed by atoms with Gasteiger partial charge in [-0.1, -0.05) is 17.3 Å². The number of hydrogen-bond acceptors (Lipinski definition) is 7. The van der Waals surface area contributed by atoms with Gasteiger partial charge in [-0.25, -0.2) is 0 Å². The molecule has 35 heavy (non-hydrogen) atoms. The summed E-state index contributed by atoms with van der Waals surface area (Å²) in [5.41, 5.74) is 3.78. The summed E-state index contributed by atoms with van der Waals surface area (Å²) in [4.78, 5) is 21.5. The molecule has 3 heterocycles. The Labute approximate surface area is 199 Å². The molecule has 0 radical (unpaired) electrons. The molecule has 1 amide bonds. The second kappa shape index (κ2) is 9.31. The van der Waals surface area contributed by atoms with E-state index in [4.69, 9.17) is 4.52 Å². The lowest BCUT2D eigenvalue weighted by atomic mass is 10.00. The number of aromatic nitrogens is 2. The molecule has 1 saturated heterocycles. The third kappa shape index (κ3) is 5.30. The van der Waals surface area contributed by atoms with E-state index < -0.39 is 6.36 Å². The predicted molar refractivity (Wildman–Crippen MR) is 119 cm³/mol. The zero-order valence-electron chi connectivity index (χ0n) is 19.1. The van der Waals surface area contributed by atoms with Crippen molar-refractivity contribution in [3.05, 3.63) is 64.5 Å². The van der Waals surface area contributed by atoms with Gasteiger partial charge in [-0.05, 0) is 47.9 Å². The molecule has 2 aliphatic rings. The SMILES string of the molecule is Cc1cc(-c2noc(CN3CCNCC3)n2)cc2c1C(=O)N(Cc1ccc(OC(F)(F)F)cc1)C2. The van der Waals surface area contributed by atoms with Gasteiger partial charge < -0.3 is 19.5 Å². The van der Waals surface area contributed by atoms with Gasteiger partial charge in [-0.15, -0.1) is 13.2 Å². The average molecular weight is 487 g/mol. The van der Waals surface area contributed by atoms with Crippen molar-refractivity contribution in [1.29, 1.82) is 0 Å². The maximum Gasteiger partial charge on any atom is 0.573 e. The van der Waals surface area contributed by atoms with Gasteiger partial charge in [-0.3, -0.25) is 9.69 Å². The first-order chi connectivity index (χ1) is 16.7. The molecule has 5 rings (SSSR count). The van der Waals surface area contributed by atoms with Crippen molar-refractivity contribution in [1.82, 2.24) is 25.3 Å². The molecule has 0 atom stereocenters. The minimum Gasteiger partial charge on any atom is -0.406 e. The first-order valence-electron chi connectivity index (χ1n) is 11.3. The number of benzene rings is 2. The summed E-state index contributed by atoms with van der Waals surface area (Å²) >= 11 is 0. The largest absolute Gasteiger partial charge is 0.573 e. The highest BCUT2D eigenvalue weighted by atomic mass is 19.4. The molecule has 0 saturated carbocycles. The molecule has 0 bridgehead atoms. The second-order valence-electron chi connectivity index (χ2n) is 8.72. The molecule has 11 heteroatoms. The summed E-state index contributed by atoms with van der Waals surface area (Å²) in [7, 11) is 0. The maximum absolute atomic E-state index is 13.0. The van der Waals surface area contributed by atoms with Crippen molar-refractivity contribution in [3.8, 4) is 17.1 Å². The quantitative estimate of drug-likeness (QED) is 0.570. The fraction of sp³-hybridized carbons (Fsp3) is 0.375. The van der Waals surface area contributed by atoms with Crippen LogP contribution in [0.4, 0.5) is 13.2 Å². The molecule has 8 nitrogen and oxygen atoms in total. The smallest absolute Gasteiger partial charge is 0.406 e. The van der Waals surface area contributed by atoms with Crippen LogP contribution >= 0.6 is 0 Å². The monoisotopic (exact) mass is 487 g/mol. The standard InChI is InChI=1S/C24H24F3N5O3/c1-15-10-17(22-29-20(35-30-22)14-31-8-6-28-7-9-31)11-18-13-32(23(33)21(15)18)12-16-2-4-19(5-3-16)34-24(25,26)27/h2-5,10-11,28H,6-9,12-14H2,1H3. The van der Waals surface area contributed by atoms with Crippen LogP contribution in [0.15, 0.2) is 40.9 Å². The number of halogens is 3. The minimum atomic E-state index is -4.74. The normalized spacial score (nSPS) is 16.6. The Balaban J connectivity index is 1.29. The number of aryl methyl sites for hydroxylation is 1. The highest BCUT2D eigenvalue weighted by Gasteiger charge is 2.32. The number of nitrogens with zero attached hydrogens (tertiary/aromatic N) is 4. The van der Waals surface area contributed by atoms with Gasteiger partial charge in [0.25, 0.3) is 5.91 Å². The van der Waals surface area contributed by atoms with Crippen molar-refractivity contribution in [2.24, 2.45) is 0 Å². The fourth-order valence-corrected chi connectivity index (χ4v) is 4.50. The number of ether oxygens (including phenoxy) is 1. The Morgan fingerprint density at radius 3 is 2.57 bits per heavy atom. The van der Waals surface area contributed by atoms with Crippen LogP contribution in [0.3, 0.4) is 0 Å². The van der Waals surface area contributed by atoms with Crippen LogP contribution in [-0.4, -0.2) is 58.4 Å². The van der Waals surface area contributed by atoms with E-state index in [9.17, 15) is 18.0 Å². The third-order valence-electron chi connectivity index (χ3n) is 6.10. The van der Waals surface area contributed by atoms with Crippen molar-refractivity contribution >= 4 is 5.91 Å². The van der Waals surface area contributed by atoms with Gasteiger partial charge >= 0.3 is 6.36 Å². The van der Waals surface area contributed by atoms with Crippen molar-refractivity contribution in [3.63, 3.8) is 0 Å². The lowest BCUT2D eigenvalue weighted by Crippen LogP contribution is -2.42. The van der Waals surface area contributed by atoms with Gasteiger partial charge in [0.1, 0.15) is 5.75 Å². The number of piperazine rings is 1. The van der Waals surface area contributed by atoms with Gasteiger partial charge in [-0.2, -0.15) is 4.98 Å². The second-order valence-corrected chi connectivity index (χ2v) is 8.72. The van der Waals surface area contributed by atoms with Crippen LogP contribution in [0.25, 0.3) is 11.4 Å². The Kier molecular flexibility index (Phi) is 6.20. The molecular weight excluding hydrogens is 463 g/mol. The summed E-state index contributed by atoms with van der Waals surface area (Å²) in [5.74, 6) is 0.615. The van der Waals surface area contributed by atoms with E-state index >= 15 is 0 Å². The van der Waals surface area contributed by atoms with Gasteiger partial charge in [0.15, 0.2) is 0 Å².